The van der Waals surface area contributed by atoms with Crippen molar-refractivity contribution in [1.29, 1.82) is 0 Å². The van der Waals surface area contributed by atoms with Gasteiger partial charge in [0.25, 0.3) is 0 Å². The summed E-state index contributed by atoms with van der Waals surface area (Å²) in [5.74, 6) is 0.778. The van der Waals surface area contributed by atoms with Gasteiger partial charge in [0.05, 0.1) is 15.4 Å². The van der Waals surface area contributed by atoms with Crippen molar-refractivity contribution in [2.75, 3.05) is 5.32 Å². The lowest BCUT2D eigenvalue weighted by Gasteiger charge is -2.11. The Morgan fingerprint density at radius 3 is 2.50 bits per heavy atom. The number of amides is 1. The van der Waals surface area contributed by atoms with Gasteiger partial charge in [0, 0.05) is 16.6 Å². The smallest absolute Gasteiger partial charge is 0.248 e. The highest BCUT2D eigenvalue weighted by Crippen LogP contribution is 2.34. The van der Waals surface area contributed by atoms with E-state index in [9.17, 15) is 4.79 Å². The molecule has 0 spiro atoms. The zero-order chi connectivity index (χ0) is 18.1. The Balaban J connectivity index is 1.80. The number of primary amides is 1. The summed E-state index contributed by atoms with van der Waals surface area (Å²) in [6.07, 6.45) is 0. The lowest BCUT2D eigenvalue weighted by molar-refractivity contribution is 0.100. The number of benzene rings is 2. The number of aromatic nitrogens is 2. The van der Waals surface area contributed by atoms with Crippen LogP contribution in [0.15, 0.2) is 60.0 Å². The maximum absolute atomic E-state index is 11.2. The number of hydrogen-bond donors (Lipinski definition) is 2. The van der Waals surface area contributed by atoms with Crippen molar-refractivity contribution in [1.82, 2.24) is 9.97 Å². The first kappa shape index (κ1) is 16.5. The summed E-state index contributed by atoms with van der Waals surface area (Å²) >= 11 is 7.75. The maximum atomic E-state index is 11.2. The number of thiophene rings is 1. The number of hydrogen-bond acceptors (Lipinski definition) is 5. The highest BCUT2D eigenvalue weighted by molar-refractivity contribution is 7.14. The molecule has 3 N–H and O–H groups in total. The van der Waals surface area contributed by atoms with Gasteiger partial charge in [0.1, 0.15) is 5.82 Å². The maximum Gasteiger partial charge on any atom is 0.248 e. The highest BCUT2D eigenvalue weighted by Gasteiger charge is 2.13. The minimum atomic E-state index is -0.460. The number of fused-ring (bicyclic) bond motifs is 1. The molecule has 0 radical (unpaired) electrons. The largest absolute Gasteiger partial charge is 0.366 e. The number of halogens is 1. The van der Waals surface area contributed by atoms with Crippen molar-refractivity contribution in [3.8, 4) is 10.7 Å². The van der Waals surface area contributed by atoms with Gasteiger partial charge >= 0.3 is 0 Å². The zero-order valence-corrected chi connectivity index (χ0v) is 15.0. The summed E-state index contributed by atoms with van der Waals surface area (Å²) in [6.45, 7) is 0. The van der Waals surface area contributed by atoms with Crippen LogP contribution >= 0.6 is 22.9 Å². The van der Waals surface area contributed by atoms with Crippen LogP contribution in [0.3, 0.4) is 0 Å². The molecule has 0 fully saturated rings. The summed E-state index contributed by atoms with van der Waals surface area (Å²) < 4.78 is 0. The van der Waals surface area contributed by atoms with Crippen molar-refractivity contribution in [2.45, 2.75) is 0 Å². The Labute approximate surface area is 158 Å². The van der Waals surface area contributed by atoms with Crippen molar-refractivity contribution < 1.29 is 4.79 Å². The first-order chi connectivity index (χ1) is 12.6. The number of rotatable bonds is 4. The molecule has 0 aliphatic carbocycles. The van der Waals surface area contributed by atoms with Crippen molar-refractivity contribution in [3.05, 3.63) is 70.6 Å². The van der Waals surface area contributed by atoms with E-state index in [1.807, 2.05) is 35.7 Å². The molecule has 0 saturated heterocycles. The van der Waals surface area contributed by atoms with E-state index in [1.54, 1.807) is 24.3 Å². The summed E-state index contributed by atoms with van der Waals surface area (Å²) in [5.41, 5.74) is 7.35. The minimum absolute atomic E-state index is 0.453. The molecule has 0 unspecified atom stereocenters. The van der Waals surface area contributed by atoms with Crippen LogP contribution < -0.4 is 11.1 Å². The standard InChI is InChI=1S/C19H13ClN4OS/c20-14-9-10-26-16(14)19-23-15-4-2-1-3-13(15)18(24-19)22-12-7-5-11(6-8-12)17(21)25/h1-10H,(H2,21,25)(H,22,23,24). The van der Waals surface area contributed by atoms with Crippen LogP contribution in [0.5, 0.6) is 0 Å². The Hall–Kier alpha value is -2.96. The normalized spacial score (nSPS) is 10.8. The van der Waals surface area contributed by atoms with E-state index >= 15 is 0 Å². The molecule has 7 heteroatoms. The molecule has 0 saturated carbocycles. The lowest BCUT2D eigenvalue weighted by atomic mass is 10.2. The van der Waals surface area contributed by atoms with E-state index in [2.05, 4.69) is 15.3 Å². The molecule has 2 aromatic heterocycles. The number of anilines is 2. The van der Waals surface area contributed by atoms with Gasteiger partial charge in [-0.1, -0.05) is 23.7 Å². The van der Waals surface area contributed by atoms with Gasteiger partial charge in [0.2, 0.25) is 5.91 Å². The second-order valence-electron chi connectivity index (χ2n) is 5.58. The topological polar surface area (TPSA) is 80.9 Å². The second kappa shape index (κ2) is 6.74. The number of nitrogens with two attached hydrogens (primary N) is 1. The van der Waals surface area contributed by atoms with Crippen LogP contribution in [-0.4, -0.2) is 15.9 Å². The molecule has 0 atom stereocenters. The quantitative estimate of drug-likeness (QED) is 0.530. The third-order valence-corrected chi connectivity index (χ3v) is 5.19. The van der Waals surface area contributed by atoms with E-state index in [-0.39, 0.29) is 0 Å². The van der Waals surface area contributed by atoms with Crippen LogP contribution in [0.1, 0.15) is 10.4 Å². The summed E-state index contributed by atoms with van der Waals surface area (Å²) in [5, 5.41) is 6.72. The Kier molecular flexibility index (Phi) is 4.28. The molecule has 1 amide bonds. The number of nitrogens with zero attached hydrogens (tertiary/aromatic N) is 2. The van der Waals surface area contributed by atoms with Crippen LogP contribution in [0.25, 0.3) is 21.6 Å². The fraction of sp³-hybridized carbons (Fsp3) is 0. The van der Waals surface area contributed by atoms with Crippen LogP contribution in [0.4, 0.5) is 11.5 Å². The van der Waals surface area contributed by atoms with Gasteiger partial charge in [0.15, 0.2) is 5.82 Å². The van der Waals surface area contributed by atoms with E-state index in [0.717, 1.165) is 21.5 Å². The van der Waals surface area contributed by atoms with Crippen molar-refractivity contribution in [2.24, 2.45) is 5.73 Å². The van der Waals surface area contributed by atoms with Crippen LogP contribution in [-0.2, 0) is 0 Å². The van der Waals surface area contributed by atoms with Crippen molar-refractivity contribution >= 4 is 51.3 Å². The van der Waals surface area contributed by atoms with E-state index in [0.29, 0.717) is 22.2 Å². The Morgan fingerprint density at radius 1 is 1.04 bits per heavy atom. The molecule has 2 aromatic carbocycles. The number of para-hydroxylation sites is 1. The molecular formula is C19H13ClN4OS. The average molecular weight is 381 g/mol. The molecule has 128 valence electrons. The monoisotopic (exact) mass is 380 g/mol. The summed E-state index contributed by atoms with van der Waals surface area (Å²) in [4.78, 5) is 21.3. The van der Waals surface area contributed by atoms with E-state index in [1.165, 1.54) is 11.3 Å². The molecular weight excluding hydrogens is 368 g/mol. The first-order valence-corrected chi connectivity index (χ1v) is 9.04. The van der Waals surface area contributed by atoms with Gasteiger partial charge in [-0.3, -0.25) is 4.79 Å². The van der Waals surface area contributed by atoms with E-state index in [4.69, 9.17) is 17.3 Å². The number of carbonyl (C=O) groups is 1. The van der Waals surface area contributed by atoms with Gasteiger partial charge in [-0.15, -0.1) is 11.3 Å². The van der Waals surface area contributed by atoms with Gasteiger partial charge in [-0.25, -0.2) is 9.97 Å². The Bertz CT molecular complexity index is 1110. The molecule has 0 aliphatic heterocycles. The predicted molar refractivity (Wildman–Crippen MR) is 106 cm³/mol. The summed E-state index contributed by atoms with van der Waals surface area (Å²) in [6, 6.07) is 16.5. The SMILES string of the molecule is NC(=O)c1ccc(Nc2nc(-c3sccc3Cl)nc3ccccc23)cc1. The third-order valence-electron chi connectivity index (χ3n) is 3.86. The third kappa shape index (κ3) is 3.12. The second-order valence-corrected chi connectivity index (χ2v) is 6.90. The number of nitrogens with one attached hydrogen (secondary N) is 1. The van der Waals surface area contributed by atoms with Crippen LogP contribution in [0.2, 0.25) is 5.02 Å². The van der Waals surface area contributed by atoms with Gasteiger partial charge in [-0.2, -0.15) is 0 Å². The predicted octanol–water partition coefficient (Wildman–Crippen LogP) is 4.85. The van der Waals surface area contributed by atoms with Gasteiger partial charge in [-0.05, 0) is 47.8 Å². The van der Waals surface area contributed by atoms with Crippen molar-refractivity contribution in [3.63, 3.8) is 0 Å². The van der Waals surface area contributed by atoms with Crippen LogP contribution in [0, 0.1) is 0 Å². The van der Waals surface area contributed by atoms with Gasteiger partial charge < -0.3 is 11.1 Å². The fourth-order valence-electron chi connectivity index (χ4n) is 2.58. The minimum Gasteiger partial charge on any atom is -0.366 e. The first-order valence-electron chi connectivity index (χ1n) is 7.79. The molecule has 4 rings (SSSR count). The number of carbonyl (C=O) groups excluding carboxylic acids is 1. The summed E-state index contributed by atoms with van der Waals surface area (Å²) in [7, 11) is 0. The molecule has 5 nitrogen and oxygen atoms in total. The molecule has 26 heavy (non-hydrogen) atoms. The highest BCUT2D eigenvalue weighted by atomic mass is 35.5. The fourth-order valence-corrected chi connectivity index (χ4v) is 3.65. The molecule has 2 heterocycles. The average Bonchev–Trinajstić information content (AvgIpc) is 3.08. The molecule has 0 bridgehead atoms. The van der Waals surface area contributed by atoms with E-state index < -0.39 is 5.91 Å². The molecule has 4 aromatic rings. The Morgan fingerprint density at radius 2 is 1.81 bits per heavy atom. The molecule has 0 aliphatic rings. The zero-order valence-electron chi connectivity index (χ0n) is 13.4. The lowest BCUT2D eigenvalue weighted by Crippen LogP contribution is -2.10.